The molecule has 1 aromatic heterocycles. The number of carbonyl (C=O) groups excluding carboxylic acids is 1. The summed E-state index contributed by atoms with van der Waals surface area (Å²) in [5, 5.41) is 3.49. The first-order valence-electron chi connectivity index (χ1n) is 4.64. The summed E-state index contributed by atoms with van der Waals surface area (Å²) in [6.07, 6.45) is 0. The van der Waals surface area contributed by atoms with Crippen LogP contribution in [-0.4, -0.2) is 10.9 Å². The zero-order valence-electron chi connectivity index (χ0n) is 9.34. The molecule has 0 bridgehead atoms. The average Bonchev–Trinajstić information content (AvgIpc) is 2.59. The molecule has 76 valence electrons. The van der Waals surface area contributed by atoms with Crippen LogP contribution in [0.1, 0.15) is 50.9 Å². The number of Topliss-reactive ketones (excluding diaryl/α,β-unsaturated/α-hetero) is 1. The zero-order valence-corrected chi connectivity index (χ0v) is 9.34. The minimum Gasteiger partial charge on any atom is -0.361 e. The van der Waals surface area contributed by atoms with Gasteiger partial charge in [-0.2, -0.15) is 0 Å². The number of ketones is 1. The highest BCUT2D eigenvalue weighted by molar-refractivity contribution is 5.91. The third kappa shape index (κ3) is 6.08. The summed E-state index contributed by atoms with van der Waals surface area (Å²) in [7, 11) is 0. The maximum absolute atomic E-state index is 10.5. The van der Waals surface area contributed by atoms with Crippen LogP contribution in [0.15, 0.2) is 10.6 Å². The largest absolute Gasteiger partial charge is 0.361 e. The van der Waals surface area contributed by atoms with E-state index in [-0.39, 0.29) is 5.78 Å². The van der Waals surface area contributed by atoms with Gasteiger partial charge in [-0.1, -0.05) is 32.9 Å². The minimum atomic E-state index is -0.0631. The van der Waals surface area contributed by atoms with Crippen molar-refractivity contribution in [2.24, 2.45) is 0 Å². The Morgan fingerprint density at radius 1 is 1.31 bits per heavy atom. The van der Waals surface area contributed by atoms with E-state index in [1.807, 2.05) is 27.7 Å². The number of carbonyl (C=O) groups is 1. The SMILES string of the molecule is CC.CC.CC(=O)c1cc(C)on1. The van der Waals surface area contributed by atoms with Crippen LogP contribution in [0.25, 0.3) is 0 Å². The Morgan fingerprint density at radius 3 is 1.92 bits per heavy atom. The van der Waals surface area contributed by atoms with Gasteiger partial charge in [0.05, 0.1) is 0 Å². The van der Waals surface area contributed by atoms with E-state index < -0.39 is 0 Å². The molecule has 1 rings (SSSR count). The number of hydrogen-bond donors (Lipinski definition) is 0. The maximum Gasteiger partial charge on any atom is 0.181 e. The fourth-order valence-electron chi connectivity index (χ4n) is 0.532. The van der Waals surface area contributed by atoms with E-state index >= 15 is 0 Å². The number of aryl methyl sites for hydroxylation is 1. The molecule has 0 amide bonds. The van der Waals surface area contributed by atoms with E-state index in [0.717, 1.165) is 0 Å². The molecule has 0 atom stereocenters. The lowest BCUT2D eigenvalue weighted by Gasteiger charge is -1.76. The second kappa shape index (κ2) is 8.97. The number of nitrogens with zero attached hydrogens (tertiary/aromatic N) is 1. The fourth-order valence-corrected chi connectivity index (χ4v) is 0.532. The van der Waals surface area contributed by atoms with Gasteiger partial charge in [-0.05, 0) is 6.92 Å². The molecular weight excluding hydrogens is 166 g/mol. The summed E-state index contributed by atoms with van der Waals surface area (Å²) in [6, 6.07) is 1.61. The smallest absolute Gasteiger partial charge is 0.181 e. The quantitative estimate of drug-likeness (QED) is 0.631. The van der Waals surface area contributed by atoms with Crippen molar-refractivity contribution in [2.45, 2.75) is 41.5 Å². The van der Waals surface area contributed by atoms with Gasteiger partial charge in [-0.25, -0.2) is 0 Å². The summed E-state index contributed by atoms with van der Waals surface area (Å²) in [5.74, 6) is 0.604. The van der Waals surface area contributed by atoms with Crippen LogP contribution in [0.3, 0.4) is 0 Å². The molecule has 0 spiro atoms. The Morgan fingerprint density at radius 2 is 1.77 bits per heavy atom. The van der Waals surface area contributed by atoms with Crippen molar-refractivity contribution in [3.8, 4) is 0 Å². The predicted molar refractivity (Wildman–Crippen MR) is 53.9 cm³/mol. The third-order valence-electron chi connectivity index (χ3n) is 0.989. The molecule has 1 aromatic rings. The number of aromatic nitrogens is 1. The van der Waals surface area contributed by atoms with Gasteiger partial charge < -0.3 is 4.52 Å². The highest BCUT2D eigenvalue weighted by Crippen LogP contribution is 2.00. The Hall–Kier alpha value is -1.12. The van der Waals surface area contributed by atoms with E-state index in [4.69, 9.17) is 0 Å². The lowest BCUT2D eigenvalue weighted by Crippen LogP contribution is -1.89. The van der Waals surface area contributed by atoms with E-state index in [1.165, 1.54) is 6.92 Å². The molecule has 0 aliphatic heterocycles. The Balaban J connectivity index is 0. The molecule has 0 fully saturated rings. The molecule has 0 unspecified atom stereocenters. The molecule has 3 nitrogen and oxygen atoms in total. The molecular formula is C10H19NO2. The van der Waals surface area contributed by atoms with Crippen molar-refractivity contribution < 1.29 is 9.32 Å². The van der Waals surface area contributed by atoms with E-state index in [0.29, 0.717) is 11.5 Å². The normalized spacial score (nSPS) is 7.54. The van der Waals surface area contributed by atoms with Gasteiger partial charge in [0.15, 0.2) is 5.78 Å². The summed E-state index contributed by atoms with van der Waals surface area (Å²) in [4.78, 5) is 10.5. The first kappa shape index (κ1) is 14.4. The maximum atomic E-state index is 10.5. The molecule has 3 heteroatoms. The van der Waals surface area contributed by atoms with Crippen molar-refractivity contribution in [3.05, 3.63) is 17.5 Å². The molecule has 0 aliphatic rings. The topological polar surface area (TPSA) is 43.1 Å². The van der Waals surface area contributed by atoms with Crippen LogP contribution in [0.5, 0.6) is 0 Å². The predicted octanol–water partition coefficient (Wildman–Crippen LogP) is 3.24. The molecule has 13 heavy (non-hydrogen) atoms. The highest BCUT2D eigenvalue weighted by Gasteiger charge is 2.02. The van der Waals surface area contributed by atoms with Crippen LogP contribution in [0.4, 0.5) is 0 Å². The summed E-state index contributed by atoms with van der Waals surface area (Å²) in [6.45, 7) is 11.2. The number of rotatable bonds is 1. The summed E-state index contributed by atoms with van der Waals surface area (Å²) >= 11 is 0. The summed E-state index contributed by atoms with van der Waals surface area (Å²) < 4.78 is 4.65. The monoisotopic (exact) mass is 185 g/mol. The van der Waals surface area contributed by atoms with Gasteiger partial charge in [0.2, 0.25) is 0 Å². The number of hydrogen-bond acceptors (Lipinski definition) is 3. The van der Waals surface area contributed by atoms with E-state index in [2.05, 4.69) is 9.68 Å². The second-order valence-electron chi connectivity index (χ2n) is 1.88. The van der Waals surface area contributed by atoms with Crippen molar-refractivity contribution in [2.75, 3.05) is 0 Å². The molecule has 1 heterocycles. The van der Waals surface area contributed by atoms with Crippen molar-refractivity contribution in [3.63, 3.8) is 0 Å². The van der Waals surface area contributed by atoms with Gasteiger partial charge in [0.1, 0.15) is 11.5 Å². The van der Waals surface area contributed by atoms with Crippen molar-refractivity contribution >= 4 is 5.78 Å². The standard InChI is InChI=1S/C6H7NO2.2C2H6/c1-4-3-6(5(2)8)7-9-4;2*1-2/h3H,1-2H3;2*1-2H3. The van der Waals surface area contributed by atoms with Gasteiger partial charge in [0, 0.05) is 13.0 Å². The van der Waals surface area contributed by atoms with E-state index in [1.54, 1.807) is 13.0 Å². The van der Waals surface area contributed by atoms with Crippen LogP contribution >= 0.6 is 0 Å². The zero-order chi connectivity index (χ0) is 10.9. The van der Waals surface area contributed by atoms with Crippen LogP contribution in [-0.2, 0) is 0 Å². The molecule has 0 radical (unpaired) electrons. The molecule has 0 N–H and O–H groups in total. The molecule has 0 aromatic carbocycles. The molecule has 0 aliphatic carbocycles. The second-order valence-corrected chi connectivity index (χ2v) is 1.88. The van der Waals surface area contributed by atoms with Gasteiger partial charge in [0.25, 0.3) is 0 Å². The minimum absolute atomic E-state index is 0.0631. The Labute approximate surface area is 80.1 Å². The van der Waals surface area contributed by atoms with E-state index in [9.17, 15) is 4.79 Å². The average molecular weight is 185 g/mol. The Bertz CT molecular complexity index is 229. The highest BCUT2D eigenvalue weighted by atomic mass is 16.5. The third-order valence-corrected chi connectivity index (χ3v) is 0.989. The van der Waals surface area contributed by atoms with Gasteiger partial charge in [-0.15, -0.1) is 0 Å². The fraction of sp³-hybridized carbons (Fsp3) is 0.600. The van der Waals surface area contributed by atoms with Crippen LogP contribution in [0.2, 0.25) is 0 Å². The first-order valence-corrected chi connectivity index (χ1v) is 4.64. The lowest BCUT2D eigenvalue weighted by atomic mass is 10.3. The Kier molecular flexibility index (Phi) is 9.94. The molecule has 0 saturated heterocycles. The van der Waals surface area contributed by atoms with Gasteiger partial charge in [-0.3, -0.25) is 4.79 Å². The van der Waals surface area contributed by atoms with Crippen LogP contribution in [0, 0.1) is 6.92 Å². The summed E-state index contributed by atoms with van der Waals surface area (Å²) in [5.41, 5.74) is 0.396. The van der Waals surface area contributed by atoms with Crippen molar-refractivity contribution in [1.82, 2.24) is 5.16 Å². The van der Waals surface area contributed by atoms with Crippen molar-refractivity contribution in [1.29, 1.82) is 0 Å². The first-order chi connectivity index (χ1) is 6.20. The van der Waals surface area contributed by atoms with Crippen LogP contribution < -0.4 is 0 Å². The lowest BCUT2D eigenvalue weighted by molar-refractivity contribution is 0.100. The molecule has 0 saturated carbocycles. The van der Waals surface area contributed by atoms with Gasteiger partial charge >= 0.3 is 0 Å².